The number of aromatic nitrogens is 2. The summed E-state index contributed by atoms with van der Waals surface area (Å²) in [4.78, 5) is 11.8. The van der Waals surface area contributed by atoms with Crippen molar-refractivity contribution in [2.24, 2.45) is 7.05 Å². The van der Waals surface area contributed by atoms with Crippen molar-refractivity contribution in [3.63, 3.8) is 0 Å². The van der Waals surface area contributed by atoms with Crippen LogP contribution >= 0.6 is 0 Å². The van der Waals surface area contributed by atoms with Crippen molar-refractivity contribution < 1.29 is 9.21 Å². The highest BCUT2D eigenvalue weighted by molar-refractivity contribution is 5.81. The SMILES string of the molecule is CC(NCCc1ccn(C)n1)C(=O)NCc1ccco1. The molecule has 0 saturated carbocycles. The number of amides is 1. The molecule has 1 unspecified atom stereocenters. The number of carbonyl (C=O) groups is 1. The summed E-state index contributed by atoms with van der Waals surface area (Å²) in [5.41, 5.74) is 1.02. The van der Waals surface area contributed by atoms with Gasteiger partial charge in [-0.05, 0) is 25.1 Å². The average molecular weight is 276 g/mol. The van der Waals surface area contributed by atoms with Crippen LogP contribution < -0.4 is 10.6 Å². The molecule has 108 valence electrons. The molecule has 0 saturated heterocycles. The third-order valence-electron chi connectivity index (χ3n) is 3.01. The van der Waals surface area contributed by atoms with Crippen LogP contribution in [0, 0.1) is 0 Å². The molecule has 2 aromatic rings. The van der Waals surface area contributed by atoms with Gasteiger partial charge in [-0.1, -0.05) is 0 Å². The summed E-state index contributed by atoms with van der Waals surface area (Å²) < 4.78 is 6.93. The zero-order valence-electron chi connectivity index (χ0n) is 11.8. The summed E-state index contributed by atoms with van der Waals surface area (Å²) in [6.45, 7) is 2.97. The molecule has 2 N–H and O–H groups in total. The molecule has 2 aromatic heterocycles. The lowest BCUT2D eigenvalue weighted by Gasteiger charge is -2.13. The number of furan rings is 1. The number of hydrogen-bond donors (Lipinski definition) is 2. The highest BCUT2D eigenvalue weighted by Crippen LogP contribution is 1.99. The Balaban J connectivity index is 1.66. The first-order valence-electron chi connectivity index (χ1n) is 6.67. The number of hydrogen-bond acceptors (Lipinski definition) is 4. The lowest BCUT2D eigenvalue weighted by atomic mass is 10.2. The van der Waals surface area contributed by atoms with Crippen LogP contribution in [-0.2, 0) is 24.8 Å². The van der Waals surface area contributed by atoms with Crippen molar-refractivity contribution in [3.05, 3.63) is 42.1 Å². The van der Waals surface area contributed by atoms with Gasteiger partial charge in [0.05, 0.1) is 24.5 Å². The monoisotopic (exact) mass is 276 g/mol. The summed E-state index contributed by atoms with van der Waals surface area (Å²) in [7, 11) is 1.89. The van der Waals surface area contributed by atoms with Gasteiger partial charge in [0.1, 0.15) is 5.76 Å². The topological polar surface area (TPSA) is 72.1 Å². The predicted octanol–water partition coefficient (Wildman–Crippen LogP) is 0.850. The third-order valence-corrected chi connectivity index (χ3v) is 3.01. The van der Waals surface area contributed by atoms with Crippen LogP contribution in [0.3, 0.4) is 0 Å². The second-order valence-electron chi connectivity index (χ2n) is 4.70. The first-order chi connectivity index (χ1) is 9.65. The van der Waals surface area contributed by atoms with Crippen LogP contribution in [0.2, 0.25) is 0 Å². The van der Waals surface area contributed by atoms with Crippen molar-refractivity contribution in [1.82, 2.24) is 20.4 Å². The van der Waals surface area contributed by atoms with Crippen LogP contribution in [0.4, 0.5) is 0 Å². The van der Waals surface area contributed by atoms with E-state index < -0.39 is 0 Å². The Bertz CT molecular complexity index is 533. The number of aryl methyl sites for hydroxylation is 1. The van der Waals surface area contributed by atoms with Crippen LogP contribution in [-0.4, -0.2) is 28.3 Å². The predicted molar refractivity (Wildman–Crippen MR) is 74.9 cm³/mol. The largest absolute Gasteiger partial charge is 0.467 e. The lowest BCUT2D eigenvalue weighted by molar-refractivity contribution is -0.123. The molecule has 0 aliphatic rings. The fraction of sp³-hybridized carbons (Fsp3) is 0.429. The maximum Gasteiger partial charge on any atom is 0.237 e. The van der Waals surface area contributed by atoms with E-state index in [2.05, 4.69) is 15.7 Å². The van der Waals surface area contributed by atoms with Gasteiger partial charge in [-0.3, -0.25) is 9.48 Å². The number of carbonyl (C=O) groups excluding carboxylic acids is 1. The van der Waals surface area contributed by atoms with Gasteiger partial charge in [-0.2, -0.15) is 5.10 Å². The molecule has 0 aliphatic heterocycles. The highest BCUT2D eigenvalue weighted by Gasteiger charge is 2.12. The zero-order valence-corrected chi connectivity index (χ0v) is 11.8. The molecule has 2 rings (SSSR count). The maximum absolute atomic E-state index is 11.8. The van der Waals surface area contributed by atoms with E-state index in [1.54, 1.807) is 17.0 Å². The highest BCUT2D eigenvalue weighted by atomic mass is 16.3. The van der Waals surface area contributed by atoms with E-state index >= 15 is 0 Å². The Kier molecular flexibility index (Phi) is 4.95. The van der Waals surface area contributed by atoms with E-state index in [9.17, 15) is 4.79 Å². The second kappa shape index (κ2) is 6.91. The van der Waals surface area contributed by atoms with Crippen LogP contribution in [0.5, 0.6) is 0 Å². The summed E-state index contributed by atoms with van der Waals surface area (Å²) >= 11 is 0. The van der Waals surface area contributed by atoms with E-state index in [0.717, 1.165) is 17.9 Å². The quantitative estimate of drug-likeness (QED) is 0.786. The van der Waals surface area contributed by atoms with Crippen molar-refractivity contribution in [2.75, 3.05) is 6.54 Å². The maximum atomic E-state index is 11.8. The normalized spacial score (nSPS) is 12.3. The first-order valence-corrected chi connectivity index (χ1v) is 6.67. The van der Waals surface area contributed by atoms with Gasteiger partial charge in [0, 0.05) is 26.2 Å². The van der Waals surface area contributed by atoms with E-state index in [4.69, 9.17) is 4.42 Å². The minimum atomic E-state index is -0.242. The average Bonchev–Trinajstić information content (AvgIpc) is 3.07. The molecule has 0 aliphatic carbocycles. The molecular weight excluding hydrogens is 256 g/mol. The molecule has 0 fully saturated rings. The van der Waals surface area contributed by atoms with Gasteiger partial charge in [0.25, 0.3) is 0 Å². The molecular formula is C14H20N4O2. The second-order valence-corrected chi connectivity index (χ2v) is 4.70. The third kappa shape index (κ3) is 4.24. The zero-order chi connectivity index (χ0) is 14.4. The lowest BCUT2D eigenvalue weighted by Crippen LogP contribution is -2.42. The Labute approximate surface area is 118 Å². The van der Waals surface area contributed by atoms with Gasteiger partial charge in [0.2, 0.25) is 5.91 Å². The van der Waals surface area contributed by atoms with E-state index in [0.29, 0.717) is 13.1 Å². The van der Waals surface area contributed by atoms with E-state index in [1.165, 1.54) is 0 Å². The molecule has 6 heteroatoms. The van der Waals surface area contributed by atoms with E-state index in [1.807, 2.05) is 32.3 Å². The van der Waals surface area contributed by atoms with Crippen LogP contribution in [0.25, 0.3) is 0 Å². The van der Waals surface area contributed by atoms with Crippen molar-refractivity contribution in [2.45, 2.75) is 25.9 Å². The minimum absolute atomic E-state index is 0.0394. The Morgan fingerprint density at radius 1 is 1.50 bits per heavy atom. The molecule has 0 radical (unpaired) electrons. The molecule has 0 aromatic carbocycles. The Morgan fingerprint density at radius 3 is 3.00 bits per heavy atom. The first kappa shape index (κ1) is 14.3. The van der Waals surface area contributed by atoms with Gasteiger partial charge in [0.15, 0.2) is 0 Å². The summed E-state index contributed by atoms with van der Waals surface area (Å²) in [5.74, 6) is 0.710. The van der Waals surface area contributed by atoms with Gasteiger partial charge < -0.3 is 15.1 Å². The molecule has 0 bridgehead atoms. The number of nitrogens with zero attached hydrogens (tertiary/aromatic N) is 2. The van der Waals surface area contributed by atoms with Crippen LogP contribution in [0.1, 0.15) is 18.4 Å². The molecule has 20 heavy (non-hydrogen) atoms. The summed E-state index contributed by atoms with van der Waals surface area (Å²) in [6.07, 6.45) is 4.31. The fourth-order valence-corrected chi connectivity index (χ4v) is 1.85. The van der Waals surface area contributed by atoms with Crippen molar-refractivity contribution in [3.8, 4) is 0 Å². The fourth-order valence-electron chi connectivity index (χ4n) is 1.85. The summed E-state index contributed by atoms with van der Waals surface area (Å²) in [6, 6.07) is 5.37. The molecule has 1 amide bonds. The minimum Gasteiger partial charge on any atom is -0.467 e. The van der Waals surface area contributed by atoms with Crippen LogP contribution in [0.15, 0.2) is 35.1 Å². The number of rotatable bonds is 7. The smallest absolute Gasteiger partial charge is 0.237 e. The standard InChI is InChI=1S/C14H20N4O2/c1-11(14(19)16-10-13-4-3-9-20-13)15-7-5-12-6-8-18(2)17-12/h3-4,6,8-9,11,15H,5,7,10H2,1-2H3,(H,16,19). The van der Waals surface area contributed by atoms with Crippen molar-refractivity contribution in [1.29, 1.82) is 0 Å². The Hall–Kier alpha value is -2.08. The van der Waals surface area contributed by atoms with Crippen molar-refractivity contribution >= 4 is 5.91 Å². The van der Waals surface area contributed by atoms with Gasteiger partial charge >= 0.3 is 0 Å². The molecule has 6 nitrogen and oxygen atoms in total. The van der Waals surface area contributed by atoms with Gasteiger partial charge in [-0.15, -0.1) is 0 Å². The van der Waals surface area contributed by atoms with Gasteiger partial charge in [-0.25, -0.2) is 0 Å². The summed E-state index contributed by atoms with van der Waals surface area (Å²) in [5, 5.41) is 10.3. The van der Waals surface area contributed by atoms with E-state index in [-0.39, 0.29) is 11.9 Å². The number of nitrogens with one attached hydrogen (secondary N) is 2. The molecule has 2 heterocycles. The molecule has 1 atom stereocenters. The molecule has 0 spiro atoms. The Morgan fingerprint density at radius 2 is 2.35 bits per heavy atom.